The molecule has 0 atom stereocenters. The highest BCUT2D eigenvalue weighted by Gasteiger charge is 2.56. The first kappa shape index (κ1) is 26.0. The minimum atomic E-state index is -4.98. The largest absolute Gasteiger partial charge is 0.339 e. The highest BCUT2D eigenvalue weighted by atomic mass is 35.5. The van der Waals surface area contributed by atoms with E-state index in [1.807, 2.05) is 0 Å². The molecule has 0 spiro atoms. The van der Waals surface area contributed by atoms with E-state index in [9.17, 15) is 43.9 Å². The lowest BCUT2D eigenvalue weighted by atomic mass is 10.1. The third kappa shape index (κ3) is 4.51. The Morgan fingerprint density at radius 1 is 0.667 bits per heavy atom. The summed E-state index contributed by atoms with van der Waals surface area (Å²) in [6.45, 7) is 0.262. The molecule has 0 aliphatic rings. The van der Waals surface area contributed by atoms with Crippen LogP contribution >= 0.6 is 12.4 Å². The van der Waals surface area contributed by atoms with Crippen LogP contribution in [0.25, 0.3) is 0 Å². The lowest BCUT2D eigenvalue weighted by Crippen LogP contribution is -2.50. The van der Waals surface area contributed by atoms with E-state index in [2.05, 4.69) is 0 Å². The van der Waals surface area contributed by atoms with Crippen molar-refractivity contribution in [2.45, 2.75) is 31.9 Å². The molecule has 0 fully saturated rings. The maximum atomic E-state index is 14.8. The molecule has 0 aliphatic heterocycles. The van der Waals surface area contributed by atoms with E-state index in [-0.39, 0.29) is 49.5 Å². The van der Waals surface area contributed by atoms with Gasteiger partial charge in [-0.05, 0) is 30.7 Å². The van der Waals surface area contributed by atoms with E-state index in [1.165, 1.54) is 6.92 Å². The van der Waals surface area contributed by atoms with Gasteiger partial charge in [0.2, 0.25) is 0 Å². The first-order chi connectivity index (χ1) is 13.4. The molecule has 0 unspecified atom stereocenters. The molecule has 2 aromatic carbocycles. The normalized spacial score (nSPS) is 12.3. The highest BCUT2D eigenvalue weighted by Crippen LogP contribution is 2.46. The first-order valence-corrected chi connectivity index (χ1v) is 8.18. The van der Waals surface area contributed by atoms with Gasteiger partial charge in [-0.2, -0.15) is 22.5 Å². The molecule has 2 rings (SSSR count). The number of unbranched alkanes of at least 4 members (excludes halogenated alkanes) is 1. The van der Waals surface area contributed by atoms with E-state index in [0.717, 1.165) is 0 Å². The van der Waals surface area contributed by atoms with Crippen LogP contribution in [0.3, 0.4) is 0 Å². The van der Waals surface area contributed by atoms with Crippen molar-refractivity contribution in [2.75, 3.05) is 6.54 Å². The van der Waals surface area contributed by atoms with Crippen LogP contribution in [0, 0.1) is 34.9 Å². The van der Waals surface area contributed by atoms with Crippen LogP contribution in [-0.4, -0.2) is 11.4 Å². The molecule has 2 aromatic rings. The van der Waals surface area contributed by atoms with Crippen molar-refractivity contribution < 1.29 is 43.9 Å². The first-order valence-electron chi connectivity index (χ1n) is 8.18. The molecular weight excluding hydrogens is 456 g/mol. The molecular formula is C18H14ClF10N. The second-order valence-electron chi connectivity index (χ2n) is 6.03. The fraction of sp³-hybridized carbons (Fsp3) is 0.333. The van der Waals surface area contributed by atoms with Gasteiger partial charge in [-0.1, -0.05) is 13.3 Å². The molecule has 0 heterocycles. The summed E-state index contributed by atoms with van der Waals surface area (Å²) < 4.78 is 140. The zero-order valence-corrected chi connectivity index (χ0v) is 15.9. The van der Waals surface area contributed by atoms with Crippen LogP contribution in [0.4, 0.5) is 43.9 Å². The molecule has 0 radical (unpaired) electrons. The summed E-state index contributed by atoms with van der Waals surface area (Å²) in [5.41, 5.74) is -3.87. The Kier molecular flexibility index (Phi) is 8.17. The molecule has 1 nitrogen and oxygen atoms in total. The van der Waals surface area contributed by atoms with Crippen LogP contribution in [0.15, 0.2) is 24.3 Å². The molecule has 0 aromatic heterocycles. The van der Waals surface area contributed by atoms with Gasteiger partial charge in [-0.15, -0.1) is 12.4 Å². The van der Waals surface area contributed by atoms with Gasteiger partial charge in [0.15, 0.2) is 34.9 Å². The van der Waals surface area contributed by atoms with Crippen molar-refractivity contribution in [3.05, 3.63) is 70.3 Å². The van der Waals surface area contributed by atoms with Gasteiger partial charge in [0.05, 0.1) is 11.1 Å². The number of hydrogen-bond acceptors (Lipinski definition) is 1. The minimum absolute atomic E-state index is 0. The number of halogens is 11. The predicted molar refractivity (Wildman–Crippen MR) is 89.3 cm³/mol. The summed E-state index contributed by atoms with van der Waals surface area (Å²) in [7, 11) is 0. The summed E-state index contributed by atoms with van der Waals surface area (Å²) in [6, 6.07) is -9.62. The van der Waals surface area contributed by atoms with Gasteiger partial charge in [0.25, 0.3) is 0 Å². The smallest absolute Gasteiger partial charge is 0.204 e. The highest BCUT2D eigenvalue weighted by molar-refractivity contribution is 5.85. The average Bonchev–Trinajstić information content (AvgIpc) is 2.63. The molecule has 0 saturated carbocycles. The fourth-order valence-electron chi connectivity index (χ4n) is 2.58. The van der Waals surface area contributed by atoms with Crippen molar-refractivity contribution in [1.82, 2.24) is 4.90 Å². The van der Waals surface area contributed by atoms with Crippen molar-refractivity contribution in [3.63, 3.8) is 0 Å². The topological polar surface area (TPSA) is 3.24 Å². The lowest BCUT2D eigenvalue weighted by Gasteiger charge is -2.37. The van der Waals surface area contributed by atoms with Crippen LogP contribution in [0.2, 0.25) is 0 Å². The average molecular weight is 470 g/mol. The van der Waals surface area contributed by atoms with E-state index < -0.39 is 69.6 Å². The van der Waals surface area contributed by atoms with Gasteiger partial charge in [0.1, 0.15) is 0 Å². The van der Waals surface area contributed by atoms with Crippen LogP contribution in [0.1, 0.15) is 30.9 Å². The van der Waals surface area contributed by atoms with E-state index in [0.29, 0.717) is 0 Å². The summed E-state index contributed by atoms with van der Waals surface area (Å²) in [6.07, 6.45) is -0.245. The molecule has 0 aliphatic carbocycles. The Hall–Kier alpha value is -2.01. The molecule has 0 bridgehead atoms. The molecule has 168 valence electrons. The van der Waals surface area contributed by atoms with Crippen LogP contribution in [0.5, 0.6) is 0 Å². The minimum Gasteiger partial charge on any atom is -0.204 e. The summed E-state index contributed by atoms with van der Waals surface area (Å²) in [5, 5.41) is 0. The SMILES string of the molecule is CCCCN(C(F)(F)c1ccc(F)c(F)c1F)C(F)(F)c1ccc(F)c(F)c1F.Cl. The van der Waals surface area contributed by atoms with Crippen molar-refractivity contribution in [3.8, 4) is 0 Å². The number of hydrogen-bond donors (Lipinski definition) is 0. The molecule has 0 N–H and O–H groups in total. The summed E-state index contributed by atoms with van der Waals surface area (Å²) >= 11 is 0. The molecule has 0 amide bonds. The Morgan fingerprint density at radius 3 is 1.37 bits per heavy atom. The standard InChI is InChI=1S/C18H13F10N.ClH/c1-2-3-8-29(17(25,26)9-4-6-11(19)15(23)13(9)21)18(27,28)10-5-7-12(20)16(24)14(10)22;/h4-7H,2-3,8H2,1H3;1H. The Balaban J connectivity index is 0.00000450. The Bertz CT molecular complexity index is 834. The predicted octanol–water partition coefficient (Wildman–Crippen LogP) is 6.84. The van der Waals surface area contributed by atoms with Crippen molar-refractivity contribution in [2.24, 2.45) is 0 Å². The number of benzene rings is 2. The third-order valence-corrected chi connectivity index (χ3v) is 4.13. The molecule has 0 saturated heterocycles. The Morgan fingerprint density at radius 2 is 1.03 bits per heavy atom. The van der Waals surface area contributed by atoms with Gasteiger partial charge in [-0.25, -0.2) is 26.3 Å². The van der Waals surface area contributed by atoms with E-state index in [4.69, 9.17) is 0 Å². The second-order valence-corrected chi connectivity index (χ2v) is 6.03. The van der Waals surface area contributed by atoms with Crippen LogP contribution in [-0.2, 0) is 12.1 Å². The quantitative estimate of drug-likeness (QED) is 0.244. The summed E-state index contributed by atoms with van der Waals surface area (Å²) in [4.78, 5) is -0.977. The van der Waals surface area contributed by atoms with E-state index >= 15 is 0 Å². The van der Waals surface area contributed by atoms with Crippen LogP contribution < -0.4 is 0 Å². The van der Waals surface area contributed by atoms with Gasteiger partial charge >= 0.3 is 12.1 Å². The third-order valence-electron chi connectivity index (χ3n) is 4.13. The van der Waals surface area contributed by atoms with Crippen molar-refractivity contribution >= 4 is 12.4 Å². The maximum absolute atomic E-state index is 14.8. The van der Waals surface area contributed by atoms with Gasteiger partial charge in [0, 0.05) is 6.54 Å². The zero-order valence-electron chi connectivity index (χ0n) is 15.1. The zero-order chi connectivity index (χ0) is 22.1. The summed E-state index contributed by atoms with van der Waals surface area (Å²) in [5.74, 6) is -13.1. The lowest BCUT2D eigenvalue weighted by molar-refractivity contribution is -0.291. The van der Waals surface area contributed by atoms with E-state index in [1.54, 1.807) is 0 Å². The number of rotatable bonds is 7. The second kappa shape index (κ2) is 9.42. The van der Waals surface area contributed by atoms with Crippen molar-refractivity contribution in [1.29, 1.82) is 0 Å². The Labute approximate surface area is 170 Å². The monoisotopic (exact) mass is 469 g/mol. The van der Waals surface area contributed by atoms with Gasteiger partial charge < -0.3 is 0 Å². The molecule has 30 heavy (non-hydrogen) atoms. The van der Waals surface area contributed by atoms with Gasteiger partial charge in [-0.3, -0.25) is 0 Å². The number of alkyl halides is 4. The maximum Gasteiger partial charge on any atom is 0.339 e. The fourth-order valence-corrected chi connectivity index (χ4v) is 2.58. The number of nitrogens with zero attached hydrogens (tertiary/aromatic N) is 1. The molecule has 12 heteroatoms.